The van der Waals surface area contributed by atoms with Crippen LogP contribution in [0.5, 0.6) is 0 Å². The normalized spacial score (nSPS) is 18.1. The van der Waals surface area contributed by atoms with Gasteiger partial charge in [-0.3, -0.25) is 0 Å². The van der Waals surface area contributed by atoms with E-state index < -0.39 is 8.16 Å². The number of fused-ring (bicyclic) bond motifs is 8. The molecule has 0 saturated carbocycles. The Morgan fingerprint density at radius 3 is 1.79 bits per heavy atom. The van der Waals surface area contributed by atoms with Crippen LogP contribution in [0.1, 0.15) is 59.1 Å². The standard InChI is InChI=1S/C29H30NO2P/c1-2-10-23-19-30(18-17-20(23)7-1)33-31-26-15-13-21-8-3-5-11-24(21)28(26)29-25-12-6-4-9-22(25)14-16-27(29)32-33/h1-2,7,10,13-16H,3-6,8-9,11-12,17-19H2. The van der Waals surface area contributed by atoms with Crippen molar-refractivity contribution in [2.45, 2.75) is 64.3 Å². The molecule has 3 aliphatic rings. The molecule has 33 heavy (non-hydrogen) atoms. The Labute approximate surface area is 196 Å². The molecule has 0 fully saturated rings. The Hall–Kier alpha value is -2.48. The van der Waals surface area contributed by atoms with E-state index in [0.29, 0.717) is 0 Å². The molecule has 0 atom stereocenters. The Bertz CT molecular complexity index is 1340. The van der Waals surface area contributed by atoms with Gasteiger partial charge in [0.1, 0.15) is 11.2 Å². The van der Waals surface area contributed by atoms with E-state index in [-0.39, 0.29) is 0 Å². The van der Waals surface area contributed by atoms with Gasteiger partial charge in [-0.15, -0.1) is 0 Å². The van der Waals surface area contributed by atoms with Crippen LogP contribution in [-0.4, -0.2) is 6.54 Å². The van der Waals surface area contributed by atoms with Crippen LogP contribution in [0.3, 0.4) is 0 Å². The maximum Gasteiger partial charge on any atom is 0.309 e. The van der Waals surface area contributed by atoms with E-state index in [4.69, 9.17) is 8.39 Å². The summed E-state index contributed by atoms with van der Waals surface area (Å²) in [5, 5.41) is 2.70. The summed E-state index contributed by atoms with van der Waals surface area (Å²) in [6.07, 6.45) is 10.9. The van der Waals surface area contributed by atoms with Crippen LogP contribution < -0.4 is 4.67 Å². The summed E-state index contributed by atoms with van der Waals surface area (Å²) in [6.45, 7) is 1.87. The maximum absolute atomic E-state index is 6.82. The zero-order chi connectivity index (χ0) is 21.8. The predicted molar refractivity (Wildman–Crippen MR) is 137 cm³/mol. The van der Waals surface area contributed by atoms with Crippen molar-refractivity contribution in [3.05, 3.63) is 81.9 Å². The summed E-state index contributed by atoms with van der Waals surface area (Å²) in [5.74, 6) is 0. The molecule has 0 bridgehead atoms. The van der Waals surface area contributed by atoms with Gasteiger partial charge in [-0.1, -0.05) is 36.4 Å². The van der Waals surface area contributed by atoms with Gasteiger partial charge in [0.2, 0.25) is 0 Å². The fourth-order valence-electron chi connectivity index (χ4n) is 6.24. The fourth-order valence-corrected chi connectivity index (χ4v) is 7.68. The Balaban J connectivity index is 1.51. The second-order valence-electron chi connectivity index (χ2n) is 9.89. The molecule has 3 nitrogen and oxygen atoms in total. The number of hydrogen-bond acceptors (Lipinski definition) is 3. The third-order valence-electron chi connectivity index (χ3n) is 7.93. The van der Waals surface area contributed by atoms with Crippen molar-refractivity contribution < 1.29 is 8.39 Å². The first-order valence-corrected chi connectivity index (χ1v) is 13.8. The van der Waals surface area contributed by atoms with E-state index >= 15 is 0 Å². The van der Waals surface area contributed by atoms with Crippen molar-refractivity contribution in [3.63, 3.8) is 0 Å². The molecular weight excluding hydrogens is 425 g/mol. The lowest BCUT2D eigenvalue weighted by molar-refractivity contribution is 0.609. The van der Waals surface area contributed by atoms with Crippen molar-refractivity contribution in [1.82, 2.24) is 0 Å². The van der Waals surface area contributed by atoms with Gasteiger partial charge in [0.05, 0.1) is 0 Å². The molecule has 0 unspecified atom stereocenters. The monoisotopic (exact) mass is 455 g/mol. The summed E-state index contributed by atoms with van der Waals surface area (Å²) in [4.78, 5) is 0. The molecule has 4 aromatic rings. The molecule has 0 radical (unpaired) electrons. The van der Waals surface area contributed by atoms with E-state index in [2.05, 4.69) is 53.2 Å². The zero-order valence-corrected chi connectivity index (χ0v) is 20.0. The van der Waals surface area contributed by atoms with Gasteiger partial charge < -0.3 is 8.39 Å². The van der Waals surface area contributed by atoms with Gasteiger partial charge in [0.25, 0.3) is 0 Å². The lowest BCUT2D eigenvalue weighted by Crippen LogP contribution is -2.27. The highest BCUT2D eigenvalue weighted by atomic mass is 31.1. The predicted octanol–water partition coefficient (Wildman–Crippen LogP) is 7.74. The average Bonchev–Trinajstić information content (AvgIpc) is 3.06. The SMILES string of the molecule is c1ccc2c(c1)CCN(p1oc3ccc4c(c3c3c5c(ccc3o1)CCCC5)CCCC4)C2. The van der Waals surface area contributed by atoms with Gasteiger partial charge in [0, 0.05) is 23.9 Å². The molecule has 0 spiro atoms. The molecule has 2 aliphatic carbocycles. The summed E-state index contributed by atoms with van der Waals surface area (Å²) >= 11 is 0. The van der Waals surface area contributed by atoms with Crippen LogP contribution in [0.25, 0.3) is 21.9 Å². The van der Waals surface area contributed by atoms with Crippen molar-refractivity contribution in [2.24, 2.45) is 0 Å². The Kier molecular flexibility index (Phi) is 4.88. The lowest BCUT2D eigenvalue weighted by Gasteiger charge is -2.25. The van der Waals surface area contributed by atoms with Gasteiger partial charge in [0.15, 0.2) is 0 Å². The minimum absolute atomic E-state index is 0.891. The quantitative estimate of drug-likeness (QED) is 0.294. The summed E-state index contributed by atoms with van der Waals surface area (Å²) in [5.41, 5.74) is 11.0. The summed E-state index contributed by atoms with van der Waals surface area (Å²) in [6, 6.07) is 18.0. The molecule has 168 valence electrons. The van der Waals surface area contributed by atoms with E-state index in [1.54, 1.807) is 0 Å². The molecule has 0 amide bonds. The van der Waals surface area contributed by atoms with Crippen molar-refractivity contribution in [3.8, 4) is 0 Å². The Morgan fingerprint density at radius 1 is 0.576 bits per heavy atom. The van der Waals surface area contributed by atoms with Gasteiger partial charge in [-0.05, 0) is 103 Å². The van der Waals surface area contributed by atoms with Crippen LogP contribution in [0.15, 0.2) is 56.9 Å². The Morgan fingerprint density at radius 2 is 1.15 bits per heavy atom. The van der Waals surface area contributed by atoms with Gasteiger partial charge >= 0.3 is 8.16 Å². The molecule has 2 heterocycles. The highest BCUT2D eigenvalue weighted by Crippen LogP contribution is 2.44. The minimum atomic E-state index is -1.21. The van der Waals surface area contributed by atoms with Crippen LogP contribution in [0, 0.1) is 0 Å². The molecule has 1 aromatic heterocycles. The average molecular weight is 456 g/mol. The van der Waals surface area contributed by atoms with Crippen molar-refractivity contribution >= 4 is 30.1 Å². The van der Waals surface area contributed by atoms with Crippen molar-refractivity contribution in [2.75, 3.05) is 11.2 Å². The number of aryl methyl sites for hydroxylation is 4. The van der Waals surface area contributed by atoms with Crippen LogP contribution in [0.2, 0.25) is 0 Å². The van der Waals surface area contributed by atoms with E-state index in [1.807, 2.05) is 0 Å². The zero-order valence-electron chi connectivity index (χ0n) is 19.1. The largest absolute Gasteiger partial charge is 0.408 e. The first-order valence-electron chi connectivity index (χ1n) is 12.6. The second-order valence-corrected chi connectivity index (χ2v) is 11.3. The van der Waals surface area contributed by atoms with E-state index in [9.17, 15) is 0 Å². The number of hydrogen-bond donors (Lipinski definition) is 0. The van der Waals surface area contributed by atoms with E-state index in [1.165, 1.54) is 82.7 Å². The molecule has 7 rings (SSSR count). The summed E-state index contributed by atoms with van der Waals surface area (Å²) in [7, 11) is -1.21. The lowest BCUT2D eigenvalue weighted by atomic mass is 9.84. The van der Waals surface area contributed by atoms with Gasteiger partial charge in [-0.25, -0.2) is 0 Å². The van der Waals surface area contributed by atoms with Crippen LogP contribution in [-0.2, 0) is 38.6 Å². The van der Waals surface area contributed by atoms with E-state index in [0.717, 1.165) is 43.5 Å². The number of rotatable bonds is 1. The van der Waals surface area contributed by atoms with Gasteiger partial charge in [-0.2, -0.15) is 4.67 Å². The molecule has 1 aliphatic heterocycles. The maximum atomic E-state index is 6.82. The first kappa shape index (κ1) is 19.9. The minimum Gasteiger partial charge on any atom is -0.408 e. The van der Waals surface area contributed by atoms with Crippen molar-refractivity contribution in [1.29, 1.82) is 0 Å². The molecule has 4 heteroatoms. The highest BCUT2D eigenvalue weighted by Gasteiger charge is 2.24. The molecule has 0 saturated heterocycles. The third kappa shape index (κ3) is 3.36. The fraction of sp³-hybridized carbons (Fsp3) is 0.379. The second kappa shape index (κ2) is 8.08. The van der Waals surface area contributed by atoms with Crippen LogP contribution >= 0.6 is 8.16 Å². The smallest absolute Gasteiger partial charge is 0.309 e. The topological polar surface area (TPSA) is 29.5 Å². The van der Waals surface area contributed by atoms with Crippen LogP contribution in [0.4, 0.5) is 0 Å². The summed E-state index contributed by atoms with van der Waals surface area (Å²) < 4.78 is 16.1. The molecule has 0 N–H and O–H groups in total. The highest BCUT2D eigenvalue weighted by molar-refractivity contribution is 7.38. The number of nitrogens with zero attached hydrogens (tertiary/aromatic N) is 1. The third-order valence-corrected chi connectivity index (χ3v) is 9.44. The first-order chi connectivity index (χ1) is 16.3. The number of benzene rings is 3. The molecular formula is C29H30NO2P. The molecule has 3 aromatic carbocycles.